The van der Waals surface area contributed by atoms with E-state index in [0.29, 0.717) is 21.6 Å². The number of halogens is 2. The van der Waals surface area contributed by atoms with Gasteiger partial charge in [0.05, 0.1) is 16.8 Å². The molecule has 0 fully saturated rings. The molecule has 2 aromatic rings. The van der Waals surface area contributed by atoms with Crippen molar-refractivity contribution >= 4 is 15.9 Å². The summed E-state index contributed by atoms with van der Waals surface area (Å²) in [6.45, 7) is 0.249. The van der Waals surface area contributed by atoms with Crippen LogP contribution in [0.3, 0.4) is 0 Å². The molecule has 2 rings (SSSR count). The van der Waals surface area contributed by atoms with Crippen LogP contribution in [0.2, 0.25) is 0 Å². The van der Waals surface area contributed by atoms with Crippen molar-refractivity contribution < 1.29 is 9.13 Å². The van der Waals surface area contributed by atoms with Crippen LogP contribution in [0.4, 0.5) is 4.39 Å². The van der Waals surface area contributed by atoms with Crippen LogP contribution in [0.25, 0.3) is 11.4 Å². The molecule has 1 aromatic carbocycles. The van der Waals surface area contributed by atoms with Crippen molar-refractivity contribution in [2.24, 2.45) is 0 Å². The molecule has 0 aliphatic heterocycles. The van der Waals surface area contributed by atoms with E-state index in [9.17, 15) is 9.18 Å². The van der Waals surface area contributed by atoms with E-state index in [1.54, 1.807) is 12.1 Å². The van der Waals surface area contributed by atoms with E-state index < -0.39 is 0 Å². The summed E-state index contributed by atoms with van der Waals surface area (Å²) < 4.78 is 18.4. The Morgan fingerprint density at radius 2 is 2.22 bits per heavy atom. The molecule has 94 valence electrons. The third kappa shape index (κ3) is 2.83. The highest BCUT2D eigenvalue weighted by Crippen LogP contribution is 2.22. The minimum Gasteiger partial charge on any atom is -0.378 e. The predicted octanol–water partition coefficient (Wildman–Crippen LogP) is 2.48. The van der Waals surface area contributed by atoms with E-state index >= 15 is 0 Å². The zero-order valence-corrected chi connectivity index (χ0v) is 11.1. The standard InChI is InChI=1S/C12H10BrFN2O2/c1-18-6-8-5-11(17)16-12(15-8)7-2-3-10(14)9(13)4-7/h2-5H,6H2,1H3,(H,15,16,17). The number of rotatable bonds is 3. The van der Waals surface area contributed by atoms with Crippen LogP contribution in [0.1, 0.15) is 5.69 Å². The summed E-state index contributed by atoms with van der Waals surface area (Å²) in [5, 5.41) is 0. The molecule has 0 radical (unpaired) electrons. The fourth-order valence-corrected chi connectivity index (χ4v) is 1.89. The monoisotopic (exact) mass is 312 g/mol. The van der Waals surface area contributed by atoms with Gasteiger partial charge in [0.25, 0.3) is 5.56 Å². The molecule has 18 heavy (non-hydrogen) atoms. The average Bonchev–Trinajstić information content (AvgIpc) is 2.32. The maximum atomic E-state index is 13.1. The third-order valence-corrected chi connectivity index (χ3v) is 2.89. The quantitative estimate of drug-likeness (QED) is 0.947. The molecule has 6 heteroatoms. The summed E-state index contributed by atoms with van der Waals surface area (Å²) >= 11 is 3.09. The first-order chi connectivity index (χ1) is 8.60. The second-order valence-electron chi connectivity index (χ2n) is 3.65. The molecule has 0 saturated heterocycles. The lowest BCUT2D eigenvalue weighted by molar-refractivity contribution is 0.181. The van der Waals surface area contributed by atoms with Crippen LogP contribution < -0.4 is 5.56 Å². The molecular formula is C12H10BrFN2O2. The molecule has 4 nitrogen and oxygen atoms in total. The van der Waals surface area contributed by atoms with Gasteiger partial charge < -0.3 is 9.72 Å². The Morgan fingerprint density at radius 3 is 2.89 bits per heavy atom. The molecule has 0 amide bonds. The molecule has 0 unspecified atom stereocenters. The van der Waals surface area contributed by atoms with E-state index in [0.717, 1.165) is 0 Å². The fourth-order valence-electron chi connectivity index (χ4n) is 1.51. The number of ether oxygens (including phenoxy) is 1. The molecule has 0 spiro atoms. The second kappa shape index (κ2) is 5.41. The van der Waals surface area contributed by atoms with Crippen molar-refractivity contribution in [3.8, 4) is 11.4 Å². The Kier molecular flexibility index (Phi) is 3.88. The summed E-state index contributed by atoms with van der Waals surface area (Å²) in [5.74, 6) is 0.0180. The van der Waals surface area contributed by atoms with Crippen molar-refractivity contribution in [3.63, 3.8) is 0 Å². The van der Waals surface area contributed by atoms with Gasteiger partial charge in [-0.05, 0) is 34.1 Å². The van der Waals surface area contributed by atoms with Crippen LogP contribution in [-0.4, -0.2) is 17.1 Å². The number of benzene rings is 1. The molecule has 1 heterocycles. The molecule has 1 aromatic heterocycles. The van der Waals surface area contributed by atoms with Gasteiger partial charge in [-0.3, -0.25) is 4.79 Å². The van der Waals surface area contributed by atoms with Gasteiger partial charge in [-0.2, -0.15) is 0 Å². The lowest BCUT2D eigenvalue weighted by Crippen LogP contribution is -2.10. The van der Waals surface area contributed by atoms with Crippen molar-refractivity contribution in [1.29, 1.82) is 0 Å². The van der Waals surface area contributed by atoms with Gasteiger partial charge in [-0.1, -0.05) is 0 Å². The van der Waals surface area contributed by atoms with Gasteiger partial charge >= 0.3 is 0 Å². The lowest BCUT2D eigenvalue weighted by Gasteiger charge is -2.04. The predicted molar refractivity (Wildman–Crippen MR) is 68.7 cm³/mol. The zero-order valence-electron chi connectivity index (χ0n) is 9.54. The molecule has 1 N–H and O–H groups in total. The first kappa shape index (κ1) is 12.9. The molecule has 0 aliphatic carbocycles. The smallest absolute Gasteiger partial charge is 0.251 e. The maximum absolute atomic E-state index is 13.1. The van der Waals surface area contributed by atoms with Crippen molar-refractivity contribution in [3.05, 3.63) is 50.6 Å². The van der Waals surface area contributed by atoms with E-state index in [2.05, 4.69) is 25.9 Å². The Balaban J connectivity index is 2.49. The number of nitrogens with zero attached hydrogens (tertiary/aromatic N) is 1. The minimum absolute atomic E-state index is 0.249. The number of aromatic amines is 1. The Morgan fingerprint density at radius 1 is 1.44 bits per heavy atom. The second-order valence-corrected chi connectivity index (χ2v) is 4.50. The summed E-state index contributed by atoms with van der Waals surface area (Å²) in [6.07, 6.45) is 0. The first-order valence-electron chi connectivity index (χ1n) is 5.15. The molecule has 0 aliphatic rings. The first-order valence-corrected chi connectivity index (χ1v) is 5.94. The van der Waals surface area contributed by atoms with Crippen LogP contribution in [-0.2, 0) is 11.3 Å². The number of H-pyrrole nitrogens is 1. The molecular weight excluding hydrogens is 303 g/mol. The van der Waals surface area contributed by atoms with Crippen molar-refractivity contribution in [2.75, 3.05) is 7.11 Å². The molecule has 0 bridgehead atoms. The number of methoxy groups -OCH3 is 1. The highest BCUT2D eigenvalue weighted by molar-refractivity contribution is 9.10. The fraction of sp³-hybridized carbons (Fsp3) is 0.167. The van der Waals surface area contributed by atoms with Gasteiger partial charge in [-0.15, -0.1) is 0 Å². The Bertz CT molecular complexity index is 628. The van der Waals surface area contributed by atoms with E-state index in [1.807, 2.05) is 0 Å². The van der Waals surface area contributed by atoms with Gasteiger partial charge in [0.15, 0.2) is 0 Å². The van der Waals surface area contributed by atoms with Crippen LogP contribution in [0, 0.1) is 5.82 Å². The van der Waals surface area contributed by atoms with E-state index in [4.69, 9.17) is 4.74 Å². The number of hydrogen-bond acceptors (Lipinski definition) is 3. The maximum Gasteiger partial charge on any atom is 0.251 e. The number of hydrogen-bond donors (Lipinski definition) is 1. The number of aromatic nitrogens is 2. The van der Waals surface area contributed by atoms with Crippen LogP contribution in [0.15, 0.2) is 33.5 Å². The van der Waals surface area contributed by atoms with E-state index in [-0.39, 0.29) is 18.0 Å². The van der Waals surface area contributed by atoms with Crippen molar-refractivity contribution in [2.45, 2.75) is 6.61 Å². The van der Waals surface area contributed by atoms with Gasteiger partial charge in [0.2, 0.25) is 0 Å². The normalized spacial score (nSPS) is 10.6. The van der Waals surface area contributed by atoms with Gasteiger partial charge in [0, 0.05) is 18.7 Å². The molecule has 0 atom stereocenters. The van der Waals surface area contributed by atoms with Gasteiger partial charge in [0.1, 0.15) is 11.6 Å². The Hall–Kier alpha value is -1.53. The average molecular weight is 313 g/mol. The highest BCUT2D eigenvalue weighted by atomic mass is 79.9. The minimum atomic E-state index is -0.367. The topological polar surface area (TPSA) is 55.0 Å². The van der Waals surface area contributed by atoms with Crippen LogP contribution >= 0.6 is 15.9 Å². The Labute approximate surface area is 111 Å². The van der Waals surface area contributed by atoms with Gasteiger partial charge in [-0.25, -0.2) is 9.37 Å². The summed E-state index contributed by atoms with van der Waals surface area (Å²) in [5.41, 5.74) is 0.877. The SMILES string of the molecule is COCc1cc(=O)[nH]c(-c2ccc(F)c(Br)c2)n1. The van der Waals surface area contributed by atoms with Crippen LogP contribution in [0.5, 0.6) is 0 Å². The summed E-state index contributed by atoms with van der Waals surface area (Å²) in [6, 6.07) is 5.78. The van der Waals surface area contributed by atoms with Crippen molar-refractivity contribution in [1.82, 2.24) is 9.97 Å². The summed E-state index contributed by atoms with van der Waals surface area (Å²) in [4.78, 5) is 18.3. The largest absolute Gasteiger partial charge is 0.378 e. The zero-order chi connectivity index (χ0) is 13.1. The van der Waals surface area contributed by atoms with E-state index in [1.165, 1.54) is 19.2 Å². The summed E-state index contributed by atoms with van der Waals surface area (Å²) in [7, 11) is 1.52. The molecule has 0 saturated carbocycles. The third-order valence-electron chi connectivity index (χ3n) is 2.28. The highest BCUT2D eigenvalue weighted by Gasteiger charge is 2.06. The number of nitrogens with one attached hydrogen (secondary N) is 1. The lowest BCUT2D eigenvalue weighted by atomic mass is 10.2.